The fraction of sp³-hybridized carbons (Fsp3) is 0.600. The second-order valence-corrected chi connectivity index (χ2v) is 2.04. The molecule has 1 aromatic heterocycles. The summed E-state index contributed by atoms with van der Waals surface area (Å²) in [6, 6.07) is 0. The van der Waals surface area contributed by atoms with Crippen LogP contribution in [-0.2, 0) is 11.3 Å². The number of likely N-dealkylation sites (N-methyl/N-ethyl adjacent to an activating group) is 1. The molecule has 0 saturated carbocycles. The van der Waals surface area contributed by atoms with Crippen LogP contribution in [0.3, 0.4) is 0 Å². The molecule has 0 aliphatic carbocycles. The van der Waals surface area contributed by atoms with Gasteiger partial charge in [-0.25, -0.2) is 0 Å². The Morgan fingerprint density at radius 1 is 1.73 bits per heavy atom. The Morgan fingerprint density at radius 3 is 2.91 bits per heavy atom. The Balaban J connectivity index is 2.57. The molecule has 1 aromatic rings. The van der Waals surface area contributed by atoms with Gasteiger partial charge in [-0.3, -0.25) is 4.79 Å². The number of nitrogens with zero attached hydrogens (tertiary/aromatic N) is 4. The number of carbonyl (C=O) groups excluding carboxylic acids is 1. The molecule has 0 atom stereocenters. The van der Waals surface area contributed by atoms with Crippen molar-refractivity contribution in [2.45, 2.75) is 13.5 Å². The van der Waals surface area contributed by atoms with E-state index in [1.54, 1.807) is 14.0 Å². The first kappa shape index (κ1) is 7.64. The van der Waals surface area contributed by atoms with Crippen LogP contribution in [0, 0.1) is 6.92 Å². The molecule has 1 amide bonds. The van der Waals surface area contributed by atoms with Crippen LogP contribution in [0.2, 0.25) is 0 Å². The molecule has 60 valence electrons. The topological polar surface area (TPSA) is 72.7 Å². The molecule has 1 N–H and O–H groups in total. The maximum absolute atomic E-state index is 10.8. The molecule has 0 unspecified atom stereocenters. The largest absolute Gasteiger partial charge is 0.358 e. The van der Waals surface area contributed by atoms with Crippen molar-refractivity contribution in [1.82, 2.24) is 25.5 Å². The molecule has 1 rings (SSSR count). The number of rotatable bonds is 2. The Labute approximate surface area is 63.6 Å². The first-order chi connectivity index (χ1) is 5.22. The molecule has 0 radical (unpaired) electrons. The van der Waals surface area contributed by atoms with E-state index in [-0.39, 0.29) is 12.5 Å². The number of aromatic nitrogens is 4. The summed E-state index contributed by atoms with van der Waals surface area (Å²) < 4.78 is 0. The predicted molar refractivity (Wildman–Crippen MR) is 36.6 cm³/mol. The molecular formula is C5H9N5O. The molecule has 0 fully saturated rings. The van der Waals surface area contributed by atoms with Gasteiger partial charge in [-0.05, 0) is 12.1 Å². The van der Waals surface area contributed by atoms with E-state index < -0.39 is 0 Å². The molecule has 6 heteroatoms. The Kier molecular flexibility index (Phi) is 2.15. The van der Waals surface area contributed by atoms with E-state index in [1.165, 1.54) is 4.80 Å². The number of amides is 1. The third kappa shape index (κ3) is 1.99. The number of hydrogen-bond donors (Lipinski definition) is 1. The zero-order chi connectivity index (χ0) is 8.27. The monoisotopic (exact) mass is 155 g/mol. The van der Waals surface area contributed by atoms with E-state index in [2.05, 4.69) is 20.7 Å². The third-order valence-corrected chi connectivity index (χ3v) is 1.12. The van der Waals surface area contributed by atoms with Crippen LogP contribution in [0.5, 0.6) is 0 Å². The maximum atomic E-state index is 10.8. The summed E-state index contributed by atoms with van der Waals surface area (Å²) >= 11 is 0. The molecule has 0 aliphatic rings. The minimum Gasteiger partial charge on any atom is -0.358 e. The zero-order valence-electron chi connectivity index (χ0n) is 6.40. The van der Waals surface area contributed by atoms with Crippen LogP contribution in [0.4, 0.5) is 0 Å². The Bertz CT molecular complexity index is 255. The first-order valence-corrected chi connectivity index (χ1v) is 3.17. The zero-order valence-corrected chi connectivity index (χ0v) is 6.40. The van der Waals surface area contributed by atoms with Gasteiger partial charge in [0.2, 0.25) is 5.91 Å². The van der Waals surface area contributed by atoms with Gasteiger partial charge >= 0.3 is 0 Å². The van der Waals surface area contributed by atoms with Crippen molar-refractivity contribution < 1.29 is 4.79 Å². The fourth-order valence-corrected chi connectivity index (χ4v) is 0.598. The molecule has 0 aromatic carbocycles. The van der Waals surface area contributed by atoms with E-state index in [0.717, 1.165) is 0 Å². The van der Waals surface area contributed by atoms with Gasteiger partial charge < -0.3 is 5.32 Å². The molecular weight excluding hydrogens is 146 g/mol. The minimum atomic E-state index is -0.137. The standard InChI is InChI=1S/C5H9N5O/c1-4-7-9-10(8-4)3-5(11)6-2/h3H2,1-2H3,(H,6,11). The maximum Gasteiger partial charge on any atom is 0.243 e. The average Bonchev–Trinajstić information content (AvgIpc) is 2.35. The predicted octanol–water partition coefficient (Wildman–Crippen LogP) is -1.27. The smallest absolute Gasteiger partial charge is 0.243 e. The Morgan fingerprint density at radius 2 is 2.45 bits per heavy atom. The van der Waals surface area contributed by atoms with Crippen molar-refractivity contribution in [3.63, 3.8) is 0 Å². The van der Waals surface area contributed by atoms with Gasteiger partial charge in [-0.1, -0.05) is 0 Å². The van der Waals surface area contributed by atoms with E-state index >= 15 is 0 Å². The number of carbonyl (C=O) groups is 1. The van der Waals surface area contributed by atoms with Crippen molar-refractivity contribution in [3.8, 4) is 0 Å². The van der Waals surface area contributed by atoms with Crippen LogP contribution in [0.15, 0.2) is 0 Å². The lowest BCUT2D eigenvalue weighted by molar-refractivity contribution is -0.121. The summed E-state index contributed by atoms with van der Waals surface area (Å²) in [6.45, 7) is 1.84. The molecule has 0 spiro atoms. The van der Waals surface area contributed by atoms with Crippen LogP contribution in [-0.4, -0.2) is 33.2 Å². The summed E-state index contributed by atoms with van der Waals surface area (Å²) in [4.78, 5) is 12.0. The molecule has 0 bridgehead atoms. The van der Waals surface area contributed by atoms with Crippen LogP contribution in [0.25, 0.3) is 0 Å². The van der Waals surface area contributed by atoms with Gasteiger partial charge in [0.25, 0.3) is 0 Å². The van der Waals surface area contributed by atoms with E-state index in [9.17, 15) is 4.79 Å². The quantitative estimate of drug-likeness (QED) is 0.577. The molecule has 0 aliphatic heterocycles. The fourth-order valence-electron chi connectivity index (χ4n) is 0.598. The summed E-state index contributed by atoms with van der Waals surface area (Å²) in [5.74, 6) is 0.427. The number of tetrazole rings is 1. The summed E-state index contributed by atoms with van der Waals surface area (Å²) in [6.07, 6.45) is 0. The van der Waals surface area contributed by atoms with Crippen molar-refractivity contribution in [1.29, 1.82) is 0 Å². The van der Waals surface area contributed by atoms with Crippen molar-refractivity contribution >= 4 is 5.91 Å². The highest BCUT2D eigenvalue weighted by Crippen LogP contribution is 1.80. The molecule has 11 heavy (non-hydrogen) atoms. The van der Waals surface area contributed by atoms with Gasteiger partial charge in [0.15, 0.2) is 5.82 Å². The summed E-state index contributed by atoms with van der Waals surface area (Å²) in [5.41, 5.74) is 0. The Hall–Kier alpha value is -1.46. The van der Waals surface area contributed by atoms with Crippen molar-refractivity contribution in [3.05, 3.63) is 5.82 Å². The summed E-state index contributed by atoms with van der Waals surface area (Å²) in [5, 5.41) is 13.5. The van der Waals surface area contributed by atoms with E-state index in [1.807, 2.05) is 0 Å². The van der Waals surface area contributed by atoms with Crippen LogP contribution < -0.4 is 5.32 Å². The average molecular weight is 155 g/mol. The van der Waals surface area contributed by atoms with Gasteiger partial charge in [0.1, 0.15) is 6.54 Å². The van der Waals surface area contributed by atoms with E-state index in [0.29, 0.717) is 5.82 Å². The van der Waals surface area contributed by atoms with Gasteiger partial charge in [-0.15, -0.1) is 10.2 Å². The molecule has 6 nitrogen and oxygen atoms in total. The highest BCUT2D eigenvalue weighted by molar-refractivity contribution is 5.74. The second kappa shape index (κ2) is 3.09. The minimum absolute atomic E-state index is 0.122. The normalized spacial score (nSPS) is 9.64. The number of hydrogen-bond acceptors (Lipinski definition) is 4. The van der Waals surface area contributed by atoms with Gasteiger partial charge in [-0.2, -0.15) is 4.80 Å². The molecule has 1 heterocycles. The third-order valence-electron chi connectivity index (χ3n) is 1.12. The SMILES string of the molecule is CNC(=O)Cn1nnc(C)n1. The lowest BCUT2D eigenvalue weighted by Crippen LogP contribution is -2.24. The van der Waals surface area contributed by atoms with Crippen molar-refractivity contribution in [2.24, 2.45) is 0 Å². The highest BCUT2D eigenvalue weighted by Gasteiger charge is 2.01. The van der Waals surface area contributed by atoms with Crippen LogP contribution in [0.1, 0.15) is 5.82 Å². The second-order valence-electron chi connectivity index (χ2n) is 2.04. The lowest BCUT2D eigenvalue weighted by Gasteiger charge is -1.95. The van der Waals surface area contributed by atoms with E-state index in [4.69, 9.17) is 0 Å². The molecule has 0 saturated heterocycles. The highest BCUT2D eigenvalue weighted by atomic mass is 16.2. The van der Waals surface area contributed by atoms with Gasteiger partial charge in [0.05, 0.1) is 0 Å². The van der Waals surface area contributed by atoms with Gasteiger partial charge in [0, 0.05) is 7.05 Å². The summed E-state index contributed by atoms with van der Waals surface area (Å²) in [7, 11) is 1.56. The first-order valence-electron chi connectivity index (χ1n) is 3.17. The van der Waals surface area contributed by atoms with Crippen LogP contribution >= 0.6 is 0 Å². The number of nitrogens with one attached hydrogen (secondary N) is 1. The number of aryl methyl sites for hydroxylation is 1. The van der Waals surface area contributed by atoms with Crippen molar-refractivity contribution in [2.75, 3.05) is 7.05 Å². The lowest BCUT2D eigenvalue weighted by atomic mass is 10.6.